The van der Waals surface area contributed by atoms with Crippen molar-refractivity contribution in [2.24, 2.45) is 0 Å². The van der Waals surface area contributed by atoms with Crippen molar-refractivity contribution in [3.05, 3.63) is 65.2 Å². The molecular formula is C21H24ClF3N2O2. The van der Waals surface area contributed by atoms with Crippen molar-refractivity contribution in [2.45, 2.75) is 37.5 Å². The van der Waals surface area contributed by atoms with Crippen molar-refractivity contribution >= 4 is 24.1 Å². The van der Waals surface area contributed by atoms with Crippen LogP contribution >= 0.6 is 12.4 Å². The van der Waals surface area contributed by atoms with Crippen molar-refractivity contribution in [3.8, 4) is 0 Å². The molecule has 1 heterocycles. The molecule has 0 aliphatic carbocycles. The number of likely N-dealkylation sites (N-methyl/N-ethyl adjacent to an activating group) is 1. The van der Waals surface area contributed by atoms with Gasteiger partial charge in [-0.05, 0) is 23.3 Å². The van der Waals surface area contributed by atoms with E-state index in [0.29, 0.717) is 12.1 Å². The summed E-state index contributed by atoms with van der Waals surface area (Å²) in [5.41, 5.74) is 1.22. The fraction of sp³-hybridized carbons (Fsp3) is 0.381. The van der Waals surface area contributed by atoms with E-state index in [1.54, 1.807) is 6.07 Å². The fourth-order valence-corrected chi connectivity index (χ4v) is 4.14. The fourth-order valence-electron chi connectivity index (χ4n) is 4.14. The van der Waals surface area contributed by atoms with Crippen molar-refractivity contribution in [2.75, 3.05) is 18.5 Å². The molecule has 0 aromatic heterocycles. The van der Waals surface area contributed by atoms with Crippen LogP contribution in [0.25, 0.3) is 0 Å². The summed E-state index contributed by atoms with van der Waals surface area (Å²) in [6, 6.07) is 12.8. The van der Waals surface area contributed by atoms with Crippen molar-refractivity contribution < 1.29 is 23.1 Å². The van der Waals surface area contributed by atoms with Crippen molar-refractivity contribution in [1.29, 1.82) is 0 Å². The van der Waals surface area contributed by atoms with E-state index in [2.05, 4.69) is 10.2 Å². The number of rotatable bonds is 6. The summed E-state index contributed by atoms with van der Waals surface area (Å²) in [5.74, 6) is -0.879. The molecule has 0 saturated heterocycles. The van der Waals surface area contributed by atoms with E-state index in [4.69, 9.17) is 0 Å². The summed E-state index contributed by atoms with van der Waals surface area (Å²) in [6.45, 7) is 2.65. The molecule has 1 aliphatic heterocycles. The second-order valence-corrected chi connectivity index (χ2v) is 7.46. The zero-order chi connectivity index (χ0) is 20.5. The summed E-state index contributed by atoms with van der Waals surface area (Å²) in [5, 5.41) is 12.6. The van der Waals surface area contributed by atoms with Gasteiger partial charge in [0.05, 0.1) is 18.0 Å². The van der Waals surface area contributed by atoms with Gasteiger partial charge in [-0.25, -0.2) is 0 Å². The molecule has 29 heavy (non-hydrogen) atoms. The van der Waals surface area contributed by atoms with Gasteiger partial charge in [0.15, 0.2) is 0 Å². The van der Waals surface area contributed by atoms with Crippen LogP contribution in [0.15, 0.2) is 48.5 Å². The Morgan fingerprint density at radius 3 is 2.55 bits per heavy atom. The van der Waals surface area contributed by atoms with Crippen LogP contribution in [0.1, 0.15) is 30.0 Å². The van der Waals surface area contributed by atoms with Crippen LogP contribution in [0.4, 0.5) is 18.9 Å². The third kappa shape index (κ3) is 4.67. The standard InChI is InChI=1S/C21H23F3N2O2.ClH/c1-20(11-19(27)28)16-8-3-4-9-17(16)26(2)18(20)13-25-12-14-6-5-7-15(10-14)21(22,23)24;/h3-10,18,25H,11-13H2,1-2H3,(H,27,28);1H. The van der Waals surface area contributed by atoms with Crippen LogP contribution in [0.3, 0.4) is 0 Å². The molecule has 2 aromatic rings. The van der Waals surface area contributed by atoms with E-state index in [1.165, 1.54) is 6.07 Å². The Morgan fingerprint density at radius 2 is 1.90 bits per heavy atom. The minimum Gasteiger partial charge on any atom is -0.481 e. The van der Waals surface area contributed by atoms with Gasteiger partial charge in [-0.2, -0.15) is 13.2 Å². The second-order valence-electron chi connectivity index (χ2n) is 7.46. The lowest BCUT2D eigenvalue weighted by Crippen LogP contribution is -2.48. The topological polar surface area (TPSA) is 52.6 Å². The number of benzene rings is 2. The van der Waals surface area contributed by atoms with Gasteiger partial charge in [0.2, 0.25) is 0 Å². The van der Waals surface area contributed by atoms with E-state index in [9.17, 15) is 23.1 Å². The molecule has 158 valence electrons. The third-order valence-electron chi connectivity index (χ3n) is 5.54. The first-order valence-corrected chi connectivity index (χ1v) is 9.04. The molecule has 3 rings (SSSR count). The van der Waals surface area contributed by atoms with Crippen LogP contribution in [0.5, 0.6) is 0 Å². The lowest BCUT2D eigenvalue weighted by molar-refractivity contribution is -0.139. The van der Waals surface area contributed by atoms with Gasteiger partial charge >= 0.3 is 12.1 Å². The van der Waals surface area contributed by atoms with Crippen LogP contribution in [0, 0.1) is 0 Å². The first-order valence-electron chi connectivity index (χ1n) is 9.04. The van der Waals surface area contributed by atoms with Crippen LogP contribution in [0.2, 0.25) is 0 Å². The molecule has 2 unspecified atom stereocenters. The molecule has 0 spiro atoms. The Morgan fingerprint density at radius 1 is 1.21 bits per heavy atom. The van der Waals surface area contributed by atoms with E-state index in [0.717, 1.165) is 23.4 Å². The molecule has 8 heteroatoms. The van der Waals surface area contributed by atoms with E-state index in [1.807, 2.05) is 38.2 Å². The molecule has 2 atom stereocenters. The lowest BCUT2D eigenvalue weighted by atomic mass is 9.75. The Hall–Kier alpha value is -2.25. The largest absolute Gasteiger partial charge is 0.481 e. The molecule has 2 N–H and O–H groups in total. The van der Waals surface area contributed by atoms with Gasteiger partial charge in [-0.1, -0.05) is 43.3 Å². The van der Waals surface area contributed by atoms with Gasteiger partial charge < -0.3 is 15.3 Å². The first-order chi connectivity index (χ1) is 13.1. The smallest absolute Gasteiger partial charge is 0.416 e. The number of anilines is 1. The summed E-state index contributed by atoms with van der Waals surface area (Å²) in [4.78, 5) is 13.6. The van der Waals surface area contributed by atoms with Crippen molar-refractivity contribution in [1.82, 2.24) is 5.32 Å². The highest BCUT2D eigenvalue weighted by Gasteiger charge is 2.47. The number of halogens is 4. The molecule has 0 amide bonds. The Kier molecular flexibility index (Phi) is 6.86. The molecule has 0 fully saturated rings. The highest BCUT2D eigenvalue weighted by atomic mass is 35.5. The second kappa shape index (κ2) is 8.63. The number of alkyl halides is 3. The number of carboxylic acids is 1. The number of hydrogen-bond donors (Lipinski definition) is 2. The van der Waals surface area contributed by atoms with Gasteiger partial charge in [0.25, 0.3) is 0 Å². The SMILES string of the molecule is CN1c2ccccc2C(C)(CC(=O)O)C1CNCc1cccc(C(F)(F)F)c1.Cl. The average Bonchev–Trinajstić information content (AvgIpc) is 2.83. The minimum absolute atomic E-state index is 0. The highest BCUT2D eigenvalue weighted by Crippen LogP contribution is 2.46. The normalized spacial score (nSPS) is 20.9. The van der Waals surface area contributed by atoms with Gasteiger partial charge in [-0.15, -0.1) is 12.4 Å². The molecular weight excluding hydrogens is 405 g/mol. The highest BCUT2D eigenvalue weighted by molar-refractivity contribution is 5.85. The zero-order valence-electron chi connectivity index (χ0n) is 16.2. The minimum atomic E-state index is -4.37. The Labute approximate surface area is 174 Å². The quantitative estimate of drug-likeness (QED) is 0.713. The van der Waals surface area contributed by atoms with E-state index >= 15 is 0 Å². The number of hydrogen-bond acceptors (Lipinski definition) is 3. The summed E-state index contributed by atoms with van der Waals surface area (Å²) in [7, 11) is 1.92. The van der Waals surface area contributed by atoms with Crippen LogP contribution in [-0.2, 0) is 22.9 Å². The van der Waals surface area contributed by atoms with Crippen molar-refractivity contribution in [3.63, 3.8) is 0 Å². The number of para-hydroxylation sites is 1. The summed E-state index contributed by atoms with van der Waals surface area (Å²) >= 11 is 0. The van der Waals surface area contributed by atoms with Gasteiger partial charge in [0.1, 0.15) is 0 Å². The number of carbonyl (C=O) groups is 1. The number of carboxylic acid groups (broad SMARTS) is 1. The maximum atomic E-state index is 12.9. The maximum absolute atomic E-state index is 12.9. The summed E-state index contributed by atoms with van der Waals surface area (Å²) in [6.07, 6.45) is -4.40. The predicted molar refractivity (Wildman–Crippen MR) is 109 cm³/mol. The molecule has 0 bridgehead atoms. The van der Waals surface area contributed by atoms with E-state index < -0.39 is 23.1 Å². The van der Waals surface area contributed by atoms with Crippen LogP contribution in [-0.4, -0.2) is 30.7 Å². The molecule has 1 aliphatic rings. The number of fused-ring (bicyclic) bond motifs is 1. The Balaban J connectivity index is 0.00000300. The van der Waals surface area contributed by atoms with Gasteiger partial charge in [-0.3, -0.25) is 4.79 Å². The molecule has 0 saturated carbocycles. The number of nitrogens with one attached hydrogen (secondary N) is 1. The third-order valence-corrected chi connectivity index (χ3v) is 5.54. The van der Waals surface area contributed by atoms with Crippen LogP contribution < -0.4 is 10.2 Å². The first kappa shape index (κ1) is 23.0. The van der Waals surface area contributed by atoms with E-state index in [-0.39, 0.29) is 31.4 Å². The maximum Gasteiger partial charge on any atom is 0.416 e. The zero-order valence-corrected chi connectivity index (χ0v) is 17.0. The average molecular weight is 429 g/mol. The molecule has 4 nitrogen and oxygen atoms in total. The lowest BCUT2D eigenvalue weighted by Gasteiger charge is -2.34. The summed E-state index contributed by atoms with van der Waals surface area (Å²) < 4.78 is 38.6. The Bertz CT molecular complexity index is 875. The predicted octanol–water partition coefficient (Wildman–Crippen LogP) is 4.47. The monoisotopic (exact) mass is 428 g/mol. The number of aliphatic carboxylic acids is 1. The molecule has 2 aromatic carbocycles. The van der Waals surface area contributed by atoms with Gasteiger partial charge in [0, 0.05) is 31.2 Å². The number of nitrogens with zero attached hydrogens (tertiary/aromatic N) is 1. The molecule has 0 radical (unpaired) electrons.